The minimum Gasteiger partial charge on any atom is -0.507 e. The van der Waals surface area contributed by atoms with Crippen molar-refractivity contribution in [3.63, 3.8) is 0 Å². The summed E-state index contributed by atoms with van der Waals surface area (Å²) >= 11 is 0. The van der Waals surface area contributed by atoms with Crippen LogP contribution in [0.25, 0.3) is 0 Å². The number of benzene rings is 2. The molecule has 1 unspecified atom stereocenters. The highest BCUT2D eigenvalue weighted by molar-refractivity contribution is 5.92. The maximum Gasteiger partial charge on any atom is 0.342 e. The first-order chi connectivity index (χ1) is 9.66. The number of aryl methyl sites for hydroxylation is 1. The van der Waals surface area contributed by atoms with Gasteiger partial charge in [0.05, 0.1) is 6.10 Å². The van der Waals surface area contributed by atoms with E-state index in [4.69, 9.17) is 4.74 Å². The summed E-state index contributed by atoms with van der Waals surface area (Å²) in [6.07, 6.45) is 1.42. The van der Waals surface area contributed by atoms with Crippen molar-refractivity contribution < 1.29 is 14.6 Å². The zero-order chi connectivity index (χ0) is 14.4. The van der Waals surface area contributed by atoms with Crippen LogP contribution in [0.1, 0.15) is 29.3 Å². The Balaban J connectivity index is 1.87. The third kappa shape index (κ3) is 3.85. The summed E-state index contributed by atoms with van der Waals surface area (Å²) in [5.41, 5.74) is 1.43. The minimum absolute atomic E-state index is 0.0484. The Bertz CT molecular complexity index is 563. The van der Waals surface area contributed by atoms with Gasteiger partial charge in [-0.3, -0.25) is 0 Å². The zero-order valence-corrected chi connectivity index (χ0v) is 11.5. The number of carbonyl (C=O) groups is 1. The van der Waals surface area contributed by atoms with Gasteiger partial charge in [-0.15, -0.1) is 0 Å². The van der Waals surface area contributed by atoms with Crippen molar-refractivity contribution in [2.75, 3.05) is 0 Å². The van der Waals surface area contributed by atoms with Crippen LogP contribution in [0.2, 0.25) is 0 Å². The summed E-state index contributed by atoms with van der Waals surface area (Å²) in [4.78, 5) is 11.9. The second-order valence-corrected chi connectivity index (χ2v) is 4.76. The number of esters is 1. The molecule has 3 nitrogen and oxygen atoms in total. The van der Waals surface area contributed by atoms with Gasteiger partial charge in [-0.1, -0.05) is 42.5 Å². The Kier molecular flexibility index (Phi) is 4.77. The van der Waals surface area contributed by atoms with Gasteiger partial charge in [0, 0.05) is 0 Å². The monoisotopic (exact) mass is 270 g/mol. The van der Waals surface area contributed by atoms with E-state index in [1.165, 1.54) is 11.6 Å². The van der Waals surface area contributed by atoms with E-state index in [-0.39, 0.29) is 17.4 Å². The number of aromatic hydroxyl groups is 1. The van der Waals surface area contributed by atoms with Crippen molar-refractivity contribution in [3.05, 3.63) is 65.7 Å². The highest BCUT2D eigenvalue weighted by Crippen LogP contribution is 2.18. The highest BCUT2D eigenvalue weighted by atomic mass is 16.5. The third-order valence-electron chi connectivity index (χ3n) is 3.11. The van der Waals surface area contributed by atoms with Crippen LogP contribution in [0.15, 0.2) is 54.6 Å². The Labute approximate surface area is 118 Å². The number of carbonyl (C=O) groups excluding carboxylic acids is 1. The van der Waals surface area contributed by atoms with E-state index in [1.54, 1.807) is 18.2 Å². The molecule has 0 aliphatic heterocycles. The van der Waals surface area contributed by atoms with Gasteiger partial charge in [0.2, 0.25) is 0 Å². The van der Waals surface area contributed by atoms with E-state index in [9.17, 15) is 9.90 Å². The van der Waals surface area contributed by atoms with Gasteiger partial charge < -0.3 is 9.84 Å². The van der Waals surface area contributed by atoms with Crippen molar-refractivity contribution in [3.8, 4) is 5.75 Å². The molecule has 0 bridgehead atoms. The molecule has 0 spiro atoms. The molecule has 1 N–H and O–H groups in total. The third-order valence-corrected chi connectivity index (χ3v) is 3.11. The number of para-hydroxylation sites is 1. The number of hydrogen-bond donors (Lipinski definition) is 1. The van der Waals surface area contributed by atoms with Crippen molar-refractivity contribution in [2.24, 2.45) is 0 Å². The first-order valence-corrected chi connectivity index (χ1v) is 6.69. The van der Waals surface area contributed by atoms with Gasteiger partial charge in [0.15, 0.2) is 0 Å². The van der Waals surface area contributed by atoms with Crippen LogP contribution in [0.4, 0.5) is 0 Å². The molecule has 1 atom stereocenters. The van der Waals surface area contributed by atoms with Crippen molar-refractivity contribution in [2.45, 2.75) is 25.9 Å². The van der Waals surface area contributed by atoms with Gasteiger partial charge >= 0.3 is 5.97 Å². The lowest BCUT2D eigenvalue weighted by molar-refractivity contribution is 0.0322. The molecule has 0 aromatic heterocycles. The summed E-state index contributed by atoms with van der Waals surface area (Å²) < 4.78 is 5.34. The molecule has 104 valence electrons. The summed E-state index contributed by atoms with van der Waals surface area (Å²) in [6, 6.07) is 16.5. The largest absolute Gasteiger partial charge is 0.507 e. The van der Waals surface area contributed by atoms with Gasteiger partial charge in [-0.25, -0.2) is 4.79 Å². The fraction of sp³-hybridized carbons (Fsp3) is 0.235. The van der Waals surface area contributed by atoms with E-state index >= 15 is 0 Å². The number of phenols is 1. The first-order valence-electron chi connectivity index (χ1n) is 6.69. The van der Waals surface area contributed by atoms with Crippen LogP contribution in [-0.2, 0) is 11.2 Å². The second kappa shape index (κ2) is 6.75. The molecule has 2 aromatic rings. The minimum atomic E-state index is -0.483. The maximum absolute atomic E-state index is 11.9. The van der Waals surface area contributed by atoms with Gasteiger partial charge in [-0.05, 0) is 37.5 Å². The van der Waals surface area contributed by atoms with E-state index < -0.39 is 5.97 Å². The van der Waals surface area contributed by atoms with Crippen LogP contribution in [0, 0.1) is 0 Å². The highest BCUT2D eigenvalue weighted by Gasteiger charge is 2.15. The van der Waals surface area contributed by atoms with Crippen molar-refractivity contribution in [1.82, 2.24) is 0 Å². The maximum atomic E-state index is 11.9. The fourth-order valence-corrected chi connectivity index (χ4v) is 1.97. The Morgan fingerprint density at radius 2 is 1.75 bits per heavy atom. The molecule has 20 heavy (non-hydrogen) atoms. The molecule has 0 saturated carbocycles. The van der Waals surface area contributed by atoms with Crippen LogP contribution in [0.5, 0.6) is 5.75 Å². The molecular weight excluding hydrogens is 252 g/mol. The molecule has 0 aliphatic rings. The van der Waals surface area contributed by atoms with E-state index in [2.05, 4.69) is 12.1 Å². The molecule has 2 aromatic carbocycles. The summed E-state index contributed by atoms with van der Waals surface area (Å²) in [5, 5.41) is 9.60. The topological polar surface area (TPSA) is 46.5 Å². The van der Waals surface area contributed by atoms with Crippen LogP contribution < -0.4 is 0 Å². The van der Waals surface area contributed by atoms with Crippen LogP contribution in [0.3, 0.4) is 0 Å². The van der Waals surface area contributed by atoms with Crippen LogP contribution in [-0.4, -0.2) is 17.2 Å². The molecular formula is C17H18O3. The summed E-state index contributed by atoms with van der Waals surface area (Å²) in [6.45, 7) is 1.86. The molecule has 0 saturated heterocycles. The molecule has 3 heteroatoms. The average Bonchev–Trinajstić information content (AvgIpc) is 2.46. The summed E-state index contributed by atoms with van der Waals surface area (Å²) in [7, 11) is 0. The molecule has 0 fully saturated rings. The van der Waals surface area contributed by atoms with Gasteiger partial charge in [0.1, 0.15) is 11.3 Å². The van der Waals surface area contributed by atoms with Crippen LogP contribution >= 0.6 is 0 Å². The standard InChI is InChI=1S/C17H18O3/c1-13(11-12-14-7-3-2-4-8-14)20-17(19)15-9-5-6-10-16(15)18/h2-10,13,18H,11-12H2,1H3. The number of phenolic OH excluding ortho intramolecular Hbond substituents is 1. The first kappa shape index (κ1) is 14.1. The fourth-order valence-electron chi connectivity index (χ4n) is 1.97. The Morgan fingerprint density at radius 3 is 2.45 bits per heavy atom. The summed E-state index contributed by atoms with van der Waals surface area (Å²) in [5.74, 6) is -0.531. The normalized spacial score (nSPS) is 11.8. The smallest absolute Gasteiger partial charge is 0.342 e. The van der Waals surface area contributed by atoms with Crippen molar-refractivity contribution >= 4 is 5.97 Å². The molecule has 0 aliphatic carbocycles. The molecule has 0 amide bonds. The van der Waals surface area contributed by atoms with Gasteiger partial charge in [-0.2, -0.15) is 0 Å². The SMILES string of the molecule is CC(CCc1ccccc1)OC(=O)c1ccccc1O. The predicted octanol–water partition coefficient (Wildman–Crippen LogP) is 3.57. The Morgan fingerprint density at radius 1 is 1.10 bits per heavy atom. The quantitative estimate of drug-likeness (QED) is 0.845. The number of rotatable bonds is 5. The molecule has 2 rings (SSSR count). The predicted molar refractivity (Wildman–Crippen MR) is 77.7 cm³/mol. The Hall–Kier alpha value is -2.29. The van der Waals surface area contributed by atoms with Gasteiger partial charge in [0.25, 0.3) is 0 Å². The molecule has 0 radical (unpaired) electrons. The average molecular weight is 270 g/mol. The van der Waals surface area contributed by atoms with E-state index in [1.807, 2.05) is 25.1 Å². The number of ether oxygens (including phenoxy) is 1. The lowest BCUT2D eigenvalue weighted by Gasteiger charge is -2.13. The lowest BCUT2D eigenvalue weighted by Crippen LogP contribution is -2.16. The number of hydrogen-bond acceptors (Lipinski definition) is 3. The van der Waals surface area contributed by atoms with E-state index in [0.29, 0.717) is 0 Å². The molecule has 0 heterocycles. The van der Waals surface area contributed by atoms with E-state index in [0.717, 1.165) is 12.8 Å². The second-order valence-electron chi connectivity index (χ2n) is 4.76. The zero-order valence-electron chi connectivity index (χ0n) is 11.5. The lowest BCUT2D eigenvalue weighted by atomic mass is 10.1. The van der Waals surface area contributed by atoms with Crippen molar-refractivity contribution in [1.29, 1.82) is 0 Å².